The number of nitrogens with zero attached hydrogens (tertiary/aromatic N) is 1. The van der Waals surface area contributed by atoms with Gasteiger partial charge in [-0.3, -0.25) is 0 Å². The van der Waals surface area contributed by atoms with Gasteiger partial charge >= 0.3 is 0 Å². The van der Waals surface area contributed by atoms with Gasteiger partial charge in [0.05, 0.1) is 15.7 Å². The largest absolute Gasteiger partial charge is 0.399 e. The van der Waals surface area contributed by atoms with E-state index in [2.05, 4.69) is 23.2 Å². The highest BCUT2D eigenvalue weighted by Crippen LogP contribution is 2.29. The Balaban J connectivity index is 2.25. The fraction of sp³-hybridized carbons (Fsp3) is 0. The van der Waals surface area contributed by atoms with Gasteiger partial charge in [-0.2, -0.15) is 0 Å². The fourth-order valence-electron chi connectivity index (χ4n) is 1.78. The third kappa shape index (κ3) is 1.46. The lowest BCUT2D eigenvalue weighted by Crippen LogP contribution is -1.84. The van der Waals surface area contributed by atoms with E-state index < -0.39 is 0 Å². The molecule has 0 saturated carbocycles. The van der Waals surface area contributed by atoms with Gasteiger partial charge in [0.25, 0.3) is 0 Å². The Morgan fingerprint density at radius 3 is 2.62 bits per heavy atom. The van der Waals surface area contributed by atoms with Crippen molar-refractivity contribution in [3.05, 3.63) is 48.0 Å². The maximum atomic E-state index is 5.68. The summed E-state index contributed by atoms with van der Waals surface area (Å²) >= 11 is 1.66. The van der Waals surface area contributed by atoms with Crippen molar-refractivity contribution in [1.82, 2.24) is 4.98 Å². The summed E-state index contributed by atoms with van der Waals surface area (Å²) in [6, 6.07) is 14.1. The van der Waals surface area contributed by atoms with Crippen molar-refractivity contribution in [3.63, 3.8) is 0 Å². The Labute approximate surface area is 97.4 Å². The molecule has 0 fully saturated rings. The summed E-state index contributed by atoms with van der Waals surface area (Å²) in [5, 5.41) is 0. The first-order chi connectivity index (χ1) is 7.84. The number of nitrogens with two attached hydrogens (primary N) is 1. The van der Waals surface area contributed by atoms with Gasteiger partial charge in [-0.1, -0.05) is 24.3 Å². The molecule has 16 heavy (non-hydrogen) atoms. The Bertz CT molecular complexity index is 626. The van der Waals surface area contributed by atoms with Crippen LogP contribution in [0.25, 0.3) is 21.3 Å². The highest BCUT2D eigenvalue weighted by atomic mass is 32.1. The molecule has 0 aliphatic heterocycles. The highest BCUT2D eigenvalue weighted by Gasteiger charge is 2.05. The molecule has 3 rings (SSSR count). The van der Waals surface area contributed by atoms with Gasteiger partial charge in [0.1, 0.15) is 0 Å². The van der Waals surface area contributed by atoms with Gasteiger partial charge < -0.3 is 5.73 Å². The van der Waals surface area contributed by atoms with Gasteiger partial charge in [-0.25, -0.2) is 4.98 Å². The lowest BCUT2D eigenvalue weighted by molar-refractivity contribution is 1.49. The van der Waals surface area contributed by atoms with Crippen molar-refractivity contribution in [2.24, 2.45) is 0 Å². The van der Waals surface area contributed by atoms with Crippen LogP contribution in [0.2, 0.25) is 0 Å². The summed E-state index contributed by atoms with van der Waals surface area (Å²) in [6.07, 6.45) is 0. The lowest BCUT2D eigenvalue weighted by Gasteiger charge is -2.02. The van der Waals surface area contributed by atoms with E-state index in [1.165, 1.54) is 10.3 Å². The molecule has 2 nitrogen and oxygen atoms in total. The minimum absolute atomic E-state index is 0.786. The molecule has 2 aromatic carbocycles. The molecule has 3 aromatic rings. The minimum atomic E-state index is 0.786. The van der Waals surface area contributed by atoms with Crippen LogP contribution in [0.3, 0.4) is 0 Å². The number of fused-ring (bicyclic) bond motifs is 1. The van der Waals surface area contributed by atoms with Crippen molar-refractivity contribution in [2.75, 3.05) is 5.73 Å². The van der Waals surface area contributed by atoms with E-state index in [1.54, 1.807) is 11.3 Å². The molecule has 0 unspecified atom stereocenters. The lowest BCUT2D eigenvalue weighted by atomic mass is 10.0. The summed E-state index contributed by atoms with van der Waals surface area (Å²) in [4.78, 5) is 4.40. The van der Waals surface area contributed by atoms with Crippen LogP contribution in [0.15, 0.2) is 48.0 Å². The molecule has 1 heterocycles. The van der Waals surface area contributed by atoms with Gasteiger partial charge in [-0.05, 0) is 23.8 Å². The molecule has 0 amide bonds. The average molecular weight is 226 g/mol. The fourth-order valence-corrected chi connectivity index (χ4v) is 2.49. The molecular weight excluding hydrogens is 216 g/mol. The minimum Gasteiger partial charge on any atom is -0.399 e. The second-order valence-electron chi connectivity index (χ2n) is 3.63. The zero-order chi connectivity index (χ0) is 11.0. The summed E-state index contributed by atoms with van der Waals surface area (Å²) < 4.78 is 1.22. The molecular formula is C13H10N2S. The number of benzene rings is 2. The number of thiazole rings is 1. The monoisotopic (exact) mass is 226 g/mol. The summed E-state index contributed by atoms with van der Waals surface area (Å²) in [5.74, 6) is 0. The maximum Gasteiger partial charge on any atom is 0.0890 e. The second-order valence-corrected chi connectivity index (χ2v) is 4.51. The predicted molar refractivity (Wildman–Crippen MR) is 69.5 cm³/mol. The van der Waals surface area contributed by atoms with E-state index >= 15 is 0 Å². The van der Waals surface area contributed by atoms with E-state index in [4.69, 9.17) is 5.73 Å². The predicted octanol–water partition coefficient (Wildman–Crippen LogP) is 3.55. The van der Waals surface area contributed by atoms with Crippen LogP contribution in [0.5, 0.6) is 0 Å². The molecule has 3 heteroatoms. The molecule has 1 aromatic heterocycles. The third-order valence-corrected chi connectivity index (χ3v) is 3.38. The maximum absolute atomic E-state index is 5.68. The number of nitrogen functional groups attached to an aromatic ring is 1. The molecule has 0 aliphatic rings. The number of hydrogen-bond acceptors (Lipinski definition) is 3. The van der Waals surface area contributed by atoms with Crippen LogP contribution in [-0.4, -0.2) is 4.98 Å². The molecule has 78 valence electrons. The normalized spacial score (nSPS) is 10.8. The summed E-state index contributed by atoms with van der Waals surface area (Å²) in [5.41, 5.74) is 11.7. The van der Waals surface area contributed by atoms with Crippen LogP contribution in [0, 0.1) is 0 Å². The van der Waals surface area contributed by atoms with E-state index in [1.807, 2.05) is 29.8 Å². The van der Waals surface area contributed by atoms with Crippen LogP contribution >= 0.6 is 11.3 Å². The Hall–Kier alpha value is -1.87. The molecule has 2 N–H and O–H groups in total. The molecule has 0 radical (unpaired) electrons. The van der Waals surface area contributed by atoms with Gasteiger partial charge in [0.15, 0.2) is 0 Å². The standard InChI is InChI=1S/C13H10N2S/c14-10-6-4-9(5-7-10)11-2-1-3-12-13(11)15-8-16-12/h1-8H,14H2. The highest BCUT2D eigenvalue weighted by molar-refractivity contribution is 7.16. The molecule has 0 saturated heterocycles. The number of para-hydroxylation sites is 1. The Morgan fingerprint density at radius 1 is 1.00 bits per heavy atom. The molecule has 0 bridgehead atoms. The SMILES string of the molecule is Nc1ccc(-c2cccc3scnc23)cc1. The van der Waals surface area contributed by atoms with Gasteiger partial charge in [0.2, 0.25) is 0 Å². The first-order valence-electron chi connectivity index (χ1n) is 5.03. The van der Waals surface area contributed by atoms with E-state index in [0.717, 1.165) is 16.8 Å². The zero-order valence-corrected chi connectivity index (χ0v) is 9.37. The topological polar surface area (TPSA) is 38.9 Å². The van der Waals surface area contributed by atoms with Crippen molar-refractivity contribution >= 4 is 27.2 Å². The van der Waals surface area contributed by atoms with Crippen molar-refractivity contribution in [3.8, 4) is 11.1 Å². The van der Waals surface area contributed by atoms with Crippen LogP contribution in [-0.2, 0) is 0 Å². The summed E-state index contributed by atoms with van der Waals surface area (Å²) in [7, 11) is 0. The third-order valence-electron chi connectivity index (χ3n) is 2.58. The van der Waals surface area contributed by atoms with E-state index in [-0.39, 0.29) is 0 Å². The van der Waals surface area contributed by atoms with Gasteiger partial charge in [-0.15, -0.1) is 11.3 Å². The quantitative estimate of drug-likeness (QED) is 0.644. The second kappa shape index (κ2) is 3.61. The Kier molecular flexibility index (Phi) is 2.11. The van der Waals surface area contributed by atoms with Crippen molar-refractivity contribution < 1.29 is 0 Å². The average Bonchev–Trinajstić information content (AvgIpc) is 2.78. The molecule has 0 aliphatic carbocycles. The van der Waals surface area contributed by atoms with Gasteiger partial charge in [0, 0.05) is 11.3 Å². The van der Waals surface area contributed by atoms with E-state index in [0.29, 0.717) is 0 Å². The summed E-state index contributed by atoms with van der Waals surface area (Å²) in [6.45, 7) is 0. The molecule has 0 atom stereocenters. The van der Waals surface area contributed by atoms with Crippen LogP contribution < -0.4 is 5.73 Å². The van der Waals surface area contributed by atoms with Crippen LogP contribution in [0.1, 0.15) is 0 Å². The first kappa shape index (κ1) is 9.36. The van der Waals surface area contributed by atoms with Crippen LogP contribution in [0.4, 0.5) is 5.69 Å². The Morgan fingerprint density at radius 2 is 1.81 bits per heavy atom. The van der Waals surface area contributed by atoms with E-state index in [9.17, 15) is 0 Å². The number of hydrogen-bond donors (Lipinski definition) is 1. The number of aromatic nitrogens is 1. The molecule has 0 spiro atoms. The zero-order valence-electron chi connectivity index (χ0n) is 8.55. The van der Waals surface area contributed by atoms with Crippen molar-refractivity contribution in [2.45, 2.75) is 0 Å². The number of anilines is 1. The smallest absolute Gasteiger partial charge is 0.0890 e. The number of rotatable bonds is 1. The van der Waals surface area contributed by atoms with Crippen molar-refractivity contribution in [1.29, 1.82) is 0 Å². The first-order valence-corrected chi connectivity index (χ1v) is 5.91.